The van der Waals surface area contributed by atoms with Crippen molar-refractivity contribution in [3.8, 4) is 0 Å². The van der Waals surface area contributed by atoms with Gasteiger partial charge in [0.15, 0.2) is 0 Å². The molecule has 208 valence electrons. The summed E-state index contributed by atoms with van der Waals surface area (Å²) in [6.07, 6.45) is 7.00. The van der Waals surface area contributed by atoms with Gasteiger partial charge in [-0.1, -0.05) is 60.7 Å². The number of rotatable bonds is 14. The third-order valence-corrected chi connectivity index (χ3v) is 11.0. The summed E-state index contributed by atoms with van der Waals surface area (Å²) in [4.78, 5) is 41.6. The molecule has 0 amide bonds. The Morgan fingerprint density at radius 1 is 0.615 bits per heavy atom. The molecule has 0 aliphatic carbocycles. The second-order valence-electron chi connectivity index (χ2n) is 8.64. The Hall–Kier alpha value is -3.40. The zero-order valence-corrected chi connectivity index (χ0v) is 26.6. The van der Waals surface area contributed by atoms with E-state index in [2.05, 4.69) is 13.8 Å². The number of benzene rings is 2. The van der Waals surface area contributed by atoms with E-state index in [-0.39, 0.29) is 45.1 Å². The van der Waals surface area contributed by atoms with E-state index in [1.165, 1.54) is 25.7 Å². The van der Waals surface area contributed by atoms with Crippen molar-refractivity contribution in [3.63, 3.8) is 0 Å². The van der Waals surface area contributed by atoms with Gasteiger partial charge in [-0.05, 0) is 47.3 Å². The third kappa shape index (κ3) is 20.3. The fraction of sp³-hybridized carbons (Fsp3) is 0.333. The van der Waals surface area contributed by atoms with E-state index in [0.29, 0.717) is 23.3 Å². The van der Waals surface area contributed by atoms with E-state index in [0.717, 1.165) is 0 Å². The molecule has 0 heterocycles. The van der Waals surface area contributed by atoms with Gasteiger partial charge in [-0.15, -0.1) is 0 Å². The van der Waals surface area contributed by atoms with Gasteiger partial charge in [0.2, 0.25) is 0 Å². The normalized spacial score (nSPS) is 10.8. The maximum absolute atomic E-state index is 10.6. The maximum Gasteiger partial charge on any atom is 0.0678 e. The van der Waals surface area contributed by atoms with Crippen LogP contribution in [0.3, 0.4) is 0 Å². The van der Waals surface area contributed by atoms with Crippen LogP contribution in [0.4, 0.5) is 0 Å². The standard InChI is InChI=1S/2C11H10O4.2C4H9.Sn.2H/c2*12-10(13)7-9(11(14)15)6-8-4-2-1-3-5-8;2*1-3-4-2;;;/h2*1-5,7H,6H2,(H,12,13)(H,14,15);2*1,3-4H2,2H3;;;/q;;;;+4;;/p-4/b2*9-7-;;;;;. The van der Waals surface area contributed by atoms with Gasteiger partial charge in [-0.3, -0.25) is 0 Å². The molecule has 0 unspecified atom stereocenters. The van der Waals surface area contributed by atoms with E-state index in [1.807, 2.05) is 0 Å². The smallest absolute Gasteiger partial charge is 0.0678 e. The number of carboxylic acid groups (broad SMARTS) is 4. The van der Waals surface area contributed by atoms with E-state index < -0.39 is 23.9 Å². The summed E-state index contributed by atoms with van der Waals surface area (Å²) in [5, 5.41) is 41.6. The van der Waals surface area contributed by atoms with E-state index in [4.69, 9.17) is 0 Å². The summed E-state index contributed by atoms with van der Waals surface area (Å²) in [5.74, 6) is -6.07. The molecule has 4 radical (unpaired) electrons. The minimum Gasteiger partial charge on any atom is -0.545 e. The average Bonchev–Trinajstić information content (AvgIpc) is 2.89. The van der Waals surface area contributed by atoms with Crippen molar-refractivity contribution in [1.82, 2.24) is 0 Å². The molecule has 2 aromatic rings. The van der Waals surface area contributed by atoms with Crippen molar-refractivity contribution in [2.24, 2.45) is 0 Å². The fourth-order valence-corrected chi connectivity index (χ4v) is 9.19. The molecule has 0 fully saturated rings. The zero-order valence-electron chi connectivity index (χ0n) is 22.6. The van der Waals surface area contributed by atoms with Gasteiger partial charge in [-0.25, -0.2) is 0 Å². The molecular formula is C30H36O8Sn. The summed E-state index contributed by atoms with van der Waals surface area (Å²) in [7, 11) is 0. The number of unbranched alkanes of at least 4 members (excludes halogenated alkanes) is 2. The summed E-state index contributed by atoms with van der Waals surface area (Å²) in [6.45, 7) is 4.59. The van der Waals surface area contributed by atoms with Crippen molar-refractivity contribution in [2.75, 3.05) is 0 Å². The molecule has 2 aromatic carbocycles. The molecule has 39 heavy (non-hydrogen) atoms. The molecule has 0 saturated heterocycles. The van der Waals surface area contributed by atoms with Crippen molar-refractivity contribution in [2.45, 2.75) is 61.2 Å². The summed E-state index contributed by atoms with van der Waals surface area (Å²) >= 11 is -0.159. The van der Waals surface area contributed by atoms with Gasteiger partial charge in [0.25, 0.3) is 0 Å². The predicted octanol–water partition coefficient (Wildman–Crippen LogP) is -0.0974. The van der Waals surface area contributed by atoms with Crippen LogP contribution in [0, 0.1) is 0 Å². The molecular weight excluding hydrogens is 607 g/mol. The van der Waals surface area contributed by atoms with Gasteiger partial charge < -0.3 is 39.6 Å². The van der Waals surface area contributed by atoms with Crippen LogP contribution < -0.4 is 20.4 Å². The van der Waals surface area contributed by atoms with Crippen LogP contribution in [0.1, 0.15) is 50.7 Å². The maximum atomic E-state index is 10.6. The number of carboxylic acids is 4. The molecule has 2 rings (SSSR count). The monoisotopic (exact) mass is 644 g/mol. The van der Waals surface area contributed by atoms with Gasteiger partial charge in [0.05, 0.1) is 23.9 Å². The van der Waals surface area contributed by atoms with Crippen molar-refractivity contribution in [3.05, 3.63) is 95.1 Å². The number of hydrogen-bond acceptors (Lipinski definition) is 8. The van der Waals surface area contributed by atoms with Crippen LogP contribution in [-0.4, -0.2) is 45.0 Å². The number of carbonyl (C=O) groups is 4. The first-order valence-corrected chi connectivity index (χ1v) is 18.6. The molecule has 0 spiro atoms. The molecule has 0 aliphatic heterocycles. The Morgan fingerprint density at radius 3 is 1.21 bits per heavy atom. The second-order valence-corrected chi connectivity index (χ2v) is 14.7. The Labute approximate surface area is 240 Å². The summed E-state index contributed by atoms with van der Waals surface area (Å²) in [6, 6.07) is 17.3. The molecule has 0 saturated carbocycles. The summed E-state index contributed by atoms with van der Waals surface area (Å²) < 4.78 is 3.33. The second kappa shape index (κ2) is 22.6. The third-order valence-electron chi connectivity index (χ3n) is 5.29. The topological polar surface area (TPSA) is 161 Å². The Kier molecular flexibility index (Phi) is 20.6. The largest absolute Gasteiger partial charge is 0.545 e. The fourth-order valence-electron chi connectivity index (χ4n) is 3.31. The zero-order chi connectivity index (χ0) is 29.5. The van der Waals surface area contributed by atoms with Crippen LogP contribution in [0.2, 0.25) is 8.87 Å². The van der Waals surface area contributed by atoms with E-state index in [9.17, 15) is 39.6 Å². The first-order chi connectivity index (χ1) is 18.6. The molecule has 0 N–H and O–H groups in total. The van der Waals surface area contributed by atoms with Crippen LogP contribution in [0.25, 0.3) is 0 Å². The average molecular weight is 643 g/mol. The van der Waals surface area contributed by atoms with E-state index >= 15 is 0 Å². The van der Waals surface area contributed by atoms with E-state index in [1.54, 1.807) is 69.5 Å². The first kappa shape index (κ1) is 35.6. The van der Waals surface area contributed by atoms with Gasteiger partial charge in [0.1, 0.15) is 0 Å². The van der Waals surface area contributed by atoms with Crippen molar-refractivity contribution < 1.29 is 39.6 Å². The number of carbonyl (C=O) groups excluding carboxylic acids is 4. The molecule has 0 bridgehead atoms. The van der Waals surface area contributed by atoms with Crippen LogP contribution in [0.15, 0.2) is 84.0 Å². The Morgan fingerprint density at radius 2 is 0.949 bits per heavy atom. The Balaban J connectivity index is 0.000000576. The van der Waals surface area contributed by atoms with Gasteiger partial charge in [-0.2, -0.15) is 0 Å². The first-order valence-electron chi connectivity index (χ1n) is 12.9. The molecule has 0 aliphatic rings. The Bertz CT molecular complexity index is 977. The van der Waals surface area contributed by atoms with Gasteiger partial charge in [0, 0.05) is 0 Å². The molecule has 0 atom stereocenters. The predicted molar refractivity (Wildman–Crippen MR) is 144 cm³/mol. The van der Waals surface area contributed by atoms with Crippen molar-refractivity contribution in [1.29, 1.82) is 0 Å². The molecule has 0 aromatic heterocycles. The summed E-state index contributed by atoms with van der Waals surface area (Å²) in [5.41, 5.74) is 0.797. The SMILES string of the molecule is CCC[CH2][SnH2+4][CH2]CCC.O=C([O-])/C=C(/Cc1ccccc1)C(=O)[O-].O=C([O-])/C=C(/Cc1ccccc1)C(=O)[O-]. The minimum absolute atomic E-state index is 0.0111. The van der Waals surface area contributed by atoms with Crippen LogP contribution >= 0.6 is 0 Å². The van der Waals surface area contributed by atoms with Crippen LogP contribution in [-0.2, 0) is 32.0 Å². The molecule has 9 heteroatoms. The number of hydrogen-bond donors (Lipinski definition) is 0. The van der Waals surface area contributed by atoms with Gasteiger partial charge >= 0.3 is 69.5 Å². The minimum atomic E-state index is -1.54. The quantitative estimate of drug-likeness (QED) is 0.157. The van der Waals surface area contributed by atoms with Crippen LogP contribution in [0.5, 0.6) is 0 Å². The van der Waals surface area contributed by atoms with Crippen molar-refractivity contribution >= 4 is 45.0 Å². The number of aliphatic carboxylic acids is 4. The molecule has 8 nitrogen and oxygen atoms in total.